The second kappa shape index (κ2) is 13.9. The Morgan fingerprint density at radius 2 is 1.62 bits per heavy atom. The fraction of sp³-hybridized carbons (Fsp3) is 0.286. The van der Waals surface area contributed by atoms with Crippen molar-refractivity contribution in [3.05, 3.63) is 93.7 Å². The van der Waals surface area contributed by atoms with Gasteiger partial charge in [-0.1, -0.05) is 60.7 Å². The Kier molecular flexibility index (Phi) is 10.4. The average molecular weight is 522 g/mol. The van der Waals surface area contributed by atoms with Crippen molar-refractivity contribution in [2.24, 2.45) is 10.7 Å². The van der Waals surface area contributed by atoms with E-state index in [9.17, 15) is 19.5 Å². The van der Waals surface area contributed by atoms with Gasteiger partial charge in [0.1, 0.15) is 18.3 Å². The number of benzene rings is 2. The topological polar surface area (TPSA) is 131 Å². The lowest BCUT2D eigenvalue weighted by atomic mass is 9.90. The van der Waals surface area contributed by atoms with Crippen LogP contribution in [0.4, 0.5) is 0 Å². The Hall–Kier alpha value is -3.98. The van der Waals surface area contributed by atoms with Crippen LogP contribution in [0, 0.1) is 0 Å². The number of nitrogens with two attached hydrogens (primary N) is 1. The van der Waals surface area contributed by atoms with Gasteiger partial charge in [-0.2, -0.15) is 0 Å². The van der Waals surface area contributed by atoms with Gasteiger partial charge >= 0.3 is 11.9 Å². The Morgan fingerprint density at radius 1 is 1.00 bits per heavy atom. The number of nitrogens with zero attached hydrogens (tertiary/aromatic N) is 1. The minimum Gasteiger partial charge on any atom is -0.480 e. The smallest absolute Gasteiger partial charge is 0.326 e. The molecule has 1 aromatic heterocycles. The summed E-state index contributed by atoms with van der Waals surface area (Å²) in [7, 11) is 0. The van der Waals surface area contributed by atoms with Crippen molar-refractivity contribution in [3.63, 3.8) is 0 Å². The zero-order chi connectivity index (χ0) is 26.6. The highest BCUT2D eigenvalue weighted by atomic mass is 32.1. The molecule has 0 unspecified atom stereocenters. The summed E-state index contributed by atoms with van der Waals surface area (Å²) in [6.07, 6.45) is 0.438. The van der Waals surface area contributed by atoms with Crippen LogP contribution >= 0.6 is 11.3 Å². The fourth-order valence-electron chi connectivity index (χ4n) is 3.86. The maximum absolute atomic E-state index is 12.9. The fourth-order valence-corrected chi connectivity index (χ4v) is 4.93. The second-order valence-corrected chi connectivity index (χ2v) is 9.43. The van der Waals surface area contributed by atoms with Crippen molar-refractivity contribution in [2.45, 2.75) is 38.1 Å². The van der Waals surface area contributed by atoms with Gasteiger partial charge in [-0.05, 0) is 43.0 Å². The van der Waals surface area contributed by atoms with Crippen LogP contribution in [0.3, 0.4) is 0 Å². The molecule has 9 heteroatoms. The summed E-state index contributed by atoms with van der Waals surface area (Å²) in [5.41, 5.74) is 7.92. The summed E-state index contributed by atoms with van der Waals surface area (Å²) in [5, 5.41) is 12.2. The number of carbonyl (C=O) groups excluding carboxylic acids is 2. The second-order valence-electron chi connectivity index (χ2n) is 8.32. The number of ether oxygens (including phenoxy) is 1. The van der Waals surface area contributed by atoms with E-state index in [-0.39, 0.29) is 37.7 Å². The highest BCUT2D eigenvalue weighted by molar-refractivity contribution is 7.14. The average Bonchev–Trinajstić information content (AvgIpc) is 3.37. The first-order valence-electron chi connectivity index (χ1n) is 12.1. The van der Waals surface area contributed by atoms with Crippen LogP contribution in [0.5, 0.6) is 0 Å². The van der Waals surface area contributed by atoms with Gasteiger partial charge in [-0.15, -0.1) is 11.3 Å². The predicted octanol–water partition coefficient (Wildman–Crippen LogP) is 4.20. The van der Waals surface area contributed by atoms with Crippen molar-refractivity contribution in [3.8, 4) is 0 Å². The zero-order valence-corrected chi connectivity index (χ0v) is 21.4. The molecule has 0 saturated heterocycles. The summed E-state index contributed by atoms with van der Waals surface area (Å²) < 4.78 is 4.82. The van der Waals surface area contributed by atoms with E-state index in [0.29, 0.717) is 11.3 Å². The Labute approximate surface area is 220 Å². The summed E-state index contributed by atoms with van der Waals surface area (Å²) in [5.74, 6) is -1.93. The molecule has 194 valence electrons. The van der Waals surface area contributed by atoms with Gasteiger partial charge in [0.2, 0.25) is 0 Å². The van der Waals surface area contributed by atoms with E-state index >= 15 is 0 Å². The molecule has 0 saturated carbocycles. The first-order valence-corrected chi connectivity index (χ1v) is 12.9. The molecule has 0 fully saturated rings. The van der Waals surface area contributed by atoms with Crippen molar-refractivity contribution in [2.75, 3.05) is 13.2 Å². The summed E-state index contributed by atoms with van der Waals surface area (Å²) in [6, 6.07) is 22.7. The number of carboxylic acids is 1. The molecule has 0 spiro atoms. The molecule has 0 aliphatic rings. The number of carbonyl (C=O) groups is 3. The number of aliphatic imine (C=N–C) groups is 1. The van der Waals surface area contributed by atoms with Gasteiger partial charge < -0.3 is 20.9 Å². The molecule has 0 bridgehead atoms. The summed E-state index contributed by atoms with van der Waals surface area (Å²) in [6.45, 7) is 2.20. The van der Waals surface area contributed by atoms with Gasteiger partial charge in [0.25, 0.3) is 5.91 Å². The summed E-state index contributed by atoms with van der Waals surface area (Å²) >= 11 is 1.35. The number of hydrogen-bond donors (Lipinski definition) is 3. The molecule has 2 aromatic carbocycles. The van der Waals surface area contributed by atoms with E-state index in [2.05, 4.69) is 34.6 Å². The van der Waals surface area contributed by atoms with Crippen LogP contribution in [0.25, 0.3) is 0 Å². The van der Waals surface area contributed by atoms with Gasteiger partial charge in [-0.3, -0.25) is 14.6 Å². The Balaban J connectivity index is 1.64. The maximum Gasteiger partial charge on any atom is 0.326 e. The number of hydrogen-bond acceptors (Lipinski definition) is 6. The number of rotatable bonds is 13. The lowest BCUT2D eigenvalue weighted by molar-refractivity contribution is -0.141. The molecule has 37 heavy (non-hydrogen) atoms. The third-order valence-electron chi connectivity index (χ3n) is 5.60. The minimum atomic E-state index is -1.12. The lowest BCUT2D eigenvalue weighted by Gasteiger charge is -2.17. The Morgan fingerprint density at radius 3 is 2.19 bits per heavy atom. The predicted molar refractivity (Wildman–Crippen MR) is 144 cm³/mol. The van der Waals surface area contributed by atoms with Crippen LogP contribution in [0.2, 0.25) is 0 Å². The highest BCUT2D eigenvalue weighted by Gasteiger charge is 2.23. The number of esters is 1. The van der Waals surface area contributed by atoms with E-state index in [1.54, 1.807) is 13.0 Å². The first kappa shape index (κ1) is 27.6. The molecular weight excluding hydrogens is 490 g/mol. The van der Waals surface area contributed by atoms with E-state index < -0.39 is 23.9 Å². The van der Waals surface area contributed by atoms with E-state index in [1.165, 1.54) is 11.3 Å². The van der Waals surface area contributed by atoms with Crippen LogP contribution in [0.15, 0.2) is 77.8 Å². The van der Waals surface area contributed by atoms with Gasteiger partial charge in [0.15, 0.2) is 0 Å². The largest absolute Gasteiger partial charge is 0.480 e. The molecule has 1 atom stereocenters. The van der Waals surface area contributed by atoms with Crippen LogP contribution in [0.1, 0.15) is 57.8 Å². The molecule has 8 nitrogen and oxygen atoms in total. The third-order valence-corrected chi connectivity index (χ3v) is 6.75. The number of amides is 1. The van der Waals surface area contributed by atoms with Crippen molar-refractivity contribution in [1.82, 2.24) is 5.32 Å². The van der Waals surface area contributed by atoms with Crippen molar-refractivity contribution in [1.29, 1.82) is 0 Å². The summed E-state index contributed by atoms with van der Waals surface area (Å²) in [4.78, 5) is 41.6. The maximum atomic E-state index is 12.9. The number of amidine groups is 1. The molecule has 0 aliphatic heterocycles. The van der Waals surface area contributed by atoms with Gasteiger partial charge in [0.05, 0.1) is 11.5 Å². The van der Waals surface area contributed by atoms with E-state index in [1.807, 2.05) is 42.5 Å². The van der Waals surface area contributed by atoms with E-state index in [4.69, 9.17) is 10.5 Å². The number of carboxylic acid groups (broad SMARTS) is 1. The monoisotopic (exact) mass is 521 g/mol. The molecule has 3 rings (SSSR count). The molecule has 0 radical (unpaired) electrons. The standard InChI is InChI=1S/C28H31N3O5S/c1-2-36-25(32)18-24(29)30-17-9-14-21(28(34)35)31-27(33)23-16-15-22(37-23)26(19-10-5-3-6-11-19)20-12-7-4-8-13-20/h3-8,10-13,15-16,21,26H,2,9,14,17-18H2,1H3,(H2,29,30)(H,31,33)(H,34,35)/t21-/m0/s1. The number of aliphatic carboxylic acids is 1. The van der Waals surface area contributed by atoms with Gasteiger partial charge in [-0.25, -0.2) is 4.79 Å². The van der Waals surface area contributed by atoms with Gasteiger partial charge in [0, 0.05) is 17.3 Å². The molecular formula is C28H31N3O5S. The SMILES string of the molecule is CCOC(=O)CC(N)=NCCC[C@H](NC(=O)c1ccc(C(c2ccccc2)c2ccccc2)s1)C(=O)O. The molecule has 4 N–H and O–H groups in total. The highest BCUT2D eigenvalue weighted by Crippen LogP contribution is 2.36. The molecule has 3 aromatic rings. The van der Waals surface area contributed by atoms with Crippen molar-refractivity contribution >= 4 is 35.0 Å². The number of nitrogens with one attached hydrogen (secondary N) is 1. The normalized spacial score (nSPS) is 12.2. The quantitative estimate of drug-likeness (QED) is 0.134. The van der Waals surface area contributed by atoms with Crippen LogP contribution in [-0.2, 0) is 14.3 Å². The zero-order valence-electron chi connectivity index (χ0n) is 20.6. The van der Waals surface area contributed by atoms with Crippen molar-refractivity contribution < 1.29 is 24.2 Å². The third kappa shape index (κ3) is 8.28. The first-order chi connectivity index (χ1) is 17.9. The minimum absolute atomic E-state index is 0.0397. The lowest BCUT2D eigenvalue weighted by Crippen LogP contribution is -2.40. The molecule has 1 heterocycles. The number of thiophene rings is 1. The Bertz CT molecular complexity index is 1170. The van der Waals surface area contributed by atoms with Crippen LogP contribution < -0.4 is 11.1 Å². The van der Waals surface area contributed by atoms with Crippen LogP contribution in [-0.4, -0.2) is 48.0 Å². The molecule has 0 aliphatic carbocycles. The van der Waals surface area contributed by atoms with E-state index in [0.717, 1.165) is 16.0 Å². The molecule has 1 amide bonds.